The quantitative estimate of drug-likeness (QED) is 0.772. The van der Waals surface area contributed by atoms with Crippen LogP contribution in [0.1, 0.15) is 5.56 Å². The van der Waals surface area contributed by atoms with Gasteiger partial charge in [0.05, 0.1) is 5.56 Å². The highest BCUT2D eigenvalue weighted by atomic mass is 79.9. The van der Waals surface area contributed by atoms with Crippen LogP contribution in [-0.4, -0.2) is 9.78 Å². The van der Waals surface area contributed by atoms with Crippen LogP contribution < -0.4 is 5.73 Å². The molecule has 0 unspecified atom stereocenters. The highest BCUT2D eigenvalue weighted by molar-refractivity contribution is 9.10. The normalized spacial score (nSPS) is 10.9. The number of halogens is 1. The van der Waals surface area contributed by atoms with Gasteiger partial charge >= 0.3 is 0 Å². The van der Waals surface area contributed by atoms with Crippen molar-refractivity contribution >= 4 is 21.7 Å². The third-order valence-electron chi connectivity index (χ3n) is 3.20. The molecule has 1 aromatic carbocycles. The first-order valence-electron chi connectivity index (χ1n) is 6.21. The van der Waals surface area contributed by atoms with E-state index in [1.54, 1.807) is 4.68 Å². The number of nitrogens with zero attached hydrogens (tertiary/aromatic N) is 2. The lowest BCUT2D eigenvalue weighted by molar-refractivity contribution is 0.552. The molecule has 0 aliphatic rings. The zero-order valence-electron chi connectivity index (χ0n) is 11.2. The first-order chi connectivity index (χ1) is 9.56. The van der Waals surface area contributed by atoms with Gasteiger partial charge in [0.15, 0.2) is 10.4 Å². The smallest absolute Gasteiger partial charge is 0.169 e. The summed E-state index contributed by atoms with van der Waals surface area (Å²) in [5.41, 5.74) is 10.0. The van der Waals surface area contributed by atoms with Crippen molar-refractivity contribution in [1.82, 2.24) is 9.78 Å². The van der Waals surface area contributed by atoms with Crippen LogP contribution in [0.25, 0.3) is 22.6 Å². The molecule has 5 heteroatoms. The van der Waals surface area contributed by atoms with Gasteiger partial charge in [-0.05, 0) is 40.5 Å². The topological polar surface area (TPSA) is 57.0 Å². The molecule has 3 aromatic rings. The second-order valence-corrected chi connectivity index (χ2v) is 5.49. The third-order valence-corrected chi connectivity index (χ3v) is 3.63. The summed E-state index contributed by atoms with van der Waals surface area (Å²) in [6.07, 6.45) is 0. The zero-order valence-corrected chi connectivity index (χ0v) is 12.8. The Hall–Kier alpha value is -2.01. The molecule has 3 rings (SSSR count). The Morgan fingerprint density at radius 1 is 1.25 bits per heavy atom. The Kier molecular flexibility index (Phi) is 3.14. The van der Waals surface area contributed by atoms with Crippen LogP contribution in [-0.2, 0) is 7.05 Å². The molecule has 0 amide bonds. The predicted octanol–water partition coefficient (Wildman–Crippen LogP) is 4.00. The van der Waals surface area contributed by atoms with Crippen LogP contribution in [0, 0.1) is 6.92 Å². The van der Waals surface area contributed by atoms with E-state index in [1.807, 2.05) is 31.3 Å². The summed E-state index contributed by atoms with van der Waals surface area (Å²) in [6.45, 7) is 2.05. The number of anilines is 1. The largest absolute Gasteiger partial charge is 0.448 e. The number of aromatic nitrogens is 2. The van der Waals surface area contributed by atoms with E-state index in [-0.39, 0.29) is 0 Å². The maximum Gasteiger partial charge on any atom is 0.169 e. The van der Waals surface area contributed by atoms with Crippen LogP contribution in [0.15, 0.2) is 45.5 Å². The van der Waals surface area contributed by atoms with E-state index in [4.69, 9.17) is 10.2 Å². The minimum absolute atomic E-state index is 0.623. The van der Waals surface area contributed by atoms with Crippen molar-refractivity contribution in [3.63, 3.8) is 0 Å². The lowest BCUT2D eigenvalue weighted by Gasteiger charge is -2.04. The number of rotatable bonds is 2. The minimum atomic E-state index is 0.623. The van der Waals surface area contributed by atoms with E-state index >= 15 is 0 Å². The van der Waals surface area contributed by atoms with Gasteiger partial charge in [-0.3, -0.25) is 4.68 Å². The molecule has 0 saturated heterocycles. The van der Waals surface area contributed by atoms with Crippen LogP contribution in [0.2, 0.25) is 0 Å². The predicted molar refractivity (Wildman–Crippen MR) is 83.2 cm³/mol. The van der Waals surface area contributed by atoms with E-state index in [2.05, 4.69) is 40.1 Å². The third kappa shape index (κ3) is 2.14. The Morgan fingerprint density at radius 3 is 2.70 bits per heavy atom. The van der Waals surface area contributed by atoms with Crippen LogP contribution in [0.4, 0.5) is 5.82 Å². The molecule has 0 radical (unpaired) electrons. The second kappa shape index (κ2) is 4.83. The fraction of sp³-hybridized carbons (Fsp3) is 0.133. The van der Waals surface area contributed by atoms with Gasteiger partial charge in [-0.15, -0.1) is 0 Å². The molecule has 0 fully saturated rings. The first-order valence-corrected chi connectivity index (χ1v) is 7.01. The second-order valence-electron chi connectivity index (χ2n) is 4.71. The molecule has 102 valence electrons. The molecule has 0 aliphatic carbocycles. The summed E-state index contributed by atoms with van der Waals surface area (Å²) < 4.78 is 7.96. The number of furan rings is 1. The molecule has 0 saturated carbocycles. The zero-order chi connectivity index (χ0) is 14.3. The fourth-order valence-electron chi connectivity index (χ4n) is 2.24. The van der Waals surface area contributed by atoms with Gasteiger partial charge in [-0.2, -0.15) is 5.10 Å². The Balaban J connectivity index is 2.24. The standard InChI is InChI=1S/C15H14BrN3O/c1-9-4-3-5-10(8-9)13-14(18-19(2)15(13)17)11-6-7-12(16)20-11/h3-8H,17H2,1-2H3. The molecule has 0 atom stereocenters. The number of hydrogen-bond acceptors (Lipinski definition) is 3. The number of aryl methyl sites for hydroxylation is 2. The van der Waals surface area contributed by atoms with Gasteiger partial charge in [0, 0.05) is 7.05 Å². The van der Waals surface area contributed by atoms with Gasteiger partial charge in [0.1, 0.15) is 11.5 Å². The van der Waals surface area contributed by atoms with Crippen LogP contribution in [0.3, 0.4) is 0 Å². The van der Waals surface area contributed by atoms with Gasteiger partial charge in [-0.1, -0.05) is 29.8 Å². The monoisotopic (exact) mass is 331 g/mol. The average molecular weight is 332 g/mol. The number of nitrogens with two attached hydrogens (primary N) is 1. The SMILES string of the molecule is Cc1cccc(-c2c(-c3ccc(Br)o3)nn(C)c2N)c1. The summed E-state index contributed by atoms with van der Waals surface area (Å²) in [6, 6.07) is 11.9. The maximum absolute atomic E-state index is 6.18. The van der Waals surface area contributed by atoms with Crippen molar-refractivity contribution < 1.29 is 4.42 Å². The molecule has 4 nitrogen and oxygen atoms in total. The molecule has 2 N–H and O–H groups in total. The first kappa shape index (κ1) is 13.0. The van der Waals surface area contributed by atoms with Crippen molar-refractivity contribution in [2.24, 2.45) is 7.05 Å². The molecule has 20 heavy (non-hydrogen) atoms. The molecule has 2 aromatic heterocycles. The number of hydrogen-bond donors (Lipinski definition) is 1. The van der Waals surface area contributed by atoms with Gasteiger partial charge in [0.2, 0.25) is 0 Å². The van der Waals surface area contributed by atoms with Crippen LogP contribution >= 0.6 is 15.9 Å². The minimum Gasteiger partial charge on any atom is -0.448 e. The van der Waals surface area contributed by atoms with Crippen molar-refractivity contribution in [2.45, 2.75) is 6.92 Å². The molecule has 0 bridgehead atoms. The van der Waals surface area contributed by atoms with E-state index in [1.165, 1.54) is 5.56 Å². The van der Waals surface area contributed by atoms with E-state index < -0.39 is 0 Å². The van der Waals surface area contributed by atoms with E-state index in [9.17, 15) is 0 Å². The van der Waals surface area contributed by atoms with Crippen molar-refractivity contribution in [3.8, 4) is 22.6 Å². The Morgan fingerprint density at radius 2 is 2.05 bits per heavy atom. The fourth-order valence-corrected chi connectivity index (χ4v) is 2.54. The molecular formula is C15H14BrN3O. The van der Waals surface area contributed by atoms with E-state index in [0.717, 1.165) is 16.8 Å². The Labute approximate surface area is 125 Å². The van der Waals surface area contributed by atoms with Crippen molar-refractivity contribution in [3.05, 3.63) is 46.6 Å². The summed E-state index contributed by atoms with van der Waals surface area (Å²) in [4.78, 5) is 0. The molecular weight excluding hydrogens is 318 g/mol. The highest BCUT2D eigenvalue weighted by Crippen LogP contribution is 2.37. The maximum atomic E-state index is 6.18. The lowest BCUT2D eigenvalue weighted by atomic mass is 10.0. The van der Waals surface area contributed by atoms with E-state index in [0.29, 0.717) is 16.2 Å². The summed E-state index contributed by atoms with van der Waals surface area (Å²) in [5.74, 6) is 1.32. The number of benzene rings is 1. The van der Waals surface area contributed by atoms with Gasteiger partial charge in [-0.25, -0.2) is 0 Å². The van der Waals surface area contributed by atoms with Gasteiger partial charge < -0.3 is 10.2 Å². The number of nitrogen functional groups attached to an aromatic ring is 1. The average Bonchev–Trinajstić information content (AvgIpc) is 2.95. The lowest BCUT2D eigenvalue weighted by Crippen LogP contribution is -1.98. The highest BCUT2D eigenvalue weighted by Gasteiger charge is 2.19. The summed E-state index contributed by atoms with van der Waals surface area (Å²) in [5, 5.41) is 4.48. The molecule has 2 heterocycles. The summed E-state index contributed by atoms with van der Waals surface area (Å²) >= 11 is 3.31. The van der Waals surface area contributed by atoms with Crippen molar-refractivity contribution in [1.29, 1.82) is 0 Å². The molecule has 0 aliphatic heterocycles. The van der Waals surface area contributed by atoms with Crippen LogP contribution in [0.5, 0.6) is 0 Å². The Bertz CT molecular complexity index is 773. The summed E-state index contributed by atoms with van der Waals surface area (Å²) in [7, 11) is 1.83. The van der Waals surface area contributed by atoms with Crippen molar-refractivity contribution in [2.75, 3.05) is 5.73 Å². The van der Waals surface area contributed by atoms with Gasteiger partial charge in [0.25, 0.3) is 0 Å². The molecule has 0 spiro atoms.